The lowest BCUT2D eigenvalue weighted by molar-refractivity contribution is -0.139. The maximum absolute atomic E-state index is 14.0. The fourth-order valence-corrected chi connectivity index (χ4v) is 5.72. The molecule has 0 aromatic heterocycles. The number of nitrogens with one attached hydrogen (secondary N) is 1. The monoisotopic (exact) mass is 615 g/mol. The van der Waals surface area contributed by atoms with Gasteiger partial charge in [-0.15, -0.1) is 0 Å². The highest BCUT2D eigenvalue weighted by molar-refractivity contribution is 9.10. The Labute approximate surface area is 239 Å². The van der Waals surface area contributed by atoms with Crippen LogP contribution < -0.4 is 14.4 Å². The third-order valence-corrected chi connectivity index (χ3v) is 8.58. The van der Waals surface area contributed by atoms with E-state index >= 15 is 0 Å². The lowest BCUT2D eigenvalue weighted by Crippen LogP contribution is -2.51. The van der Waals surface area contributed by atoms with Crippen molar-refractivity contribution in [3.05, 3.63) is 87.9 Å². The first-order valence-electron chi connectivity index (χ1n) is 12.5. The molecule has 208 valence electrons. The first-order chi connectivity index (χ1) is 18.5. The summed E-state index contributed by atoms with van der Waals surface area (Å²) in [5, 5.41) is 2.76. The van der Waals surface area contributed by atoms with Crippen LogP contribution in [0.15, 0.2) is 76.1 Å². The van der Waals surface area contributed by atoms with Crippen molar-refractivity contribution >= 4 is 43.5 Å². The van der Waals surface area contributed by atoms with E-state index < -0.39 is 28.5 Å². The molecule has 0 spiro atoms. The molecule has 3 rings (SSSR count). The Morgan fingerprint density at radius 1 is 0.974 bits per heavy atom. The number of nitrogens with zero attached hydrogens (tertiary/aromatic N) is 2. The maximum atomic E-state index is 14.0. The highest BCUT2D eigenvalue weighted by atomic mass is 79.9. The first kappa shape index (κ1) is 30.2. The van der Waals surface area contributed by atoms with E-state index in [-0.39, 0.29) is 23.0 Å². The third-order valence-electron chi connectivity index (χ3n) is 6.28. The van der Waals surface area contributed by atoms with Crippen molar-refractivity contribution in [3.8, 4) is 5.75 Å². The first-order valence-corrected chi connectivity index (χ1v) is 14.8. The zero-order valence-electron chi connectivity index (χ0n) is 22.8. The van der Waals surface area contributed by atoms with Gasteiger partial charge in [-0.05, 0) is 75.2 Å². The SMILES string of the molecule is CCNC(=O)[C@H](C)N(Cc1ccc(Br)cc1)C(=O)CN(c1cc(C)ccc1OC)S(=O)(=O)c1ccc(C)cc1. The number of carbonyl (C=O) groups excluding carboxylic acids is 2. The Morgan fingerprint density at radius 2 is 1.59 bits per heavy atom. The molecule has 1 atom stereocenters. The molecule has 0 heterocycles. The molecule has 0 aliphatic heterocycles. The van der Waals surface area contributed by atoms with E-state index in [1.165, 1.54) is 24.1 Å². The van der Waals surface area contributed by atoms with Crippen LogP contribution in [0.25, 0.3) is 0 Å². The summed E-state index contributed by atoms with van der Waals surface area (Å²) in [6.45, 7) is 7.11. The van der Waals surface area contributed by atoms with Gasteiger partial charge in [-0.2, -0.15) is 0 Å². The molecule has 0 saturated heterocycles. The third kappa shape index (κ3) is 7.39. The van der Waals surface area contributed by atoms with Crippen molar-refractivity contribution in [2.75, 3.05) is 24.5 Å². The molecular formula is C29H34BrN3O5S. The van der Waals surface area contributed by atoms with Gasteiger partial charge in [0.15, 0.2) is 0 Å². The van der Waals surface area contributed by atoms with Gasteiger partial charge in [0.05, 0.1) is 17.7 Å². The van der Waals surface area contributed by atoms with Crippen LogP contribution in [0.2, 0.25) is 0 Å². The Morgan fingerprint density at radius 3 is 2.18 bits per heavy atom. The Hall–Kier alpha value is -3.37. The van der Waals surface area contributed by atoms with E-state index in [1.54, 1.807) is 44.2 Å². The van der Waals surface area contributed by atoms with Crippen LogP contribution in [-0.2, 0) is 26.2 Å². The normalized spacial score (nSPS) is 11.9. The summed E-state index contributed by atoms with van der Waals surface area (Å²) in [7, 11) is -2.74. The number of anilines is 1. The van der Waals surface area contributed by atoms with E-state index in [0.717, 1.165) is 25.5 Å². The van der Waals surface area contributed by atoms with Crippen molar-refractivity contribution in [1.29, 1.82) is 0 Å². The standard InChI is InChI=1S/C29H34BrN3O5S/c1-6-31-29(35)22(4)32(18-23-10-12-24(30)13-11-23)28(34)19-33(26-17-21(3)9-16-27(26)38-5)39(36,37)25-14-7-20(2)8-15-25/h7-17,22H,6,18-19H2,1-5H3,(H,31,35)/t22-/m0/s1. The molecule has 0 fully saturated rings. The number of rotatable bonds is 11. The fraction of sp³-hybridized carbons (Fsp3) is 0.310. The van der Waals surface area contributed by atoms with E-state index in [1.807, 2.05) is 38.1 Å². The predicted molar refractivity (Wildman–Crippen MR) is 156 cm³/mol. The molecule has 2 amide bonds. The van der Waals surface area contributed by atoms with Crippen LogP contribution in [0, 0.1) is 13.8 Å². The molecule has 0 unspecified atom stereocenters. The van der Waals surface area contributed by atoms with E-state index in [2.05, 4.69) is 21.2 Å². The highest BCUT2D eigenvalue weighted by Gasteiger charge is 2.33. The predicted octanol–water partition coefficient (Wildman–Crippen LogP) is 4.82. The number of hydrogen-bond donors (Lipinski definition) is 1. The minimum absolute atomic E-state index is 0.0423. The van der Waals surface area contributed by atoms with Crippen LogP contribution >= 0.6 is 15.9 Å². The summed E-state index contributed by atoms with van der Waals surface area (Å²) >= 11 is 3.41. The minimum atomic E-state index is -4.18. The lowest BCUT2D eigenvalue weighted by Gasteiger charge is -2.32. The van der Waals surface area contributed by atoms with Gasteiger partial charge < -0.3 is 15.0 Å². The van der Waals surface area contributed by atoms with Crippen molar-refractivity contribution in [2.45, 2.75) is 45.2 Å². The topological polar surface area (TPSA) is 96.0 Å². The van der Waals surface area contributed by atoms with Crippen LogP contribution in [0.4, 0.5) is 5.69 Å². The van der Waals surface area contributed by atoms with E-state index in [9.17, 15) is 18.0 Å². The van der Waals surface area contributed by atoms with Gasteiger partial charge in [0, 0.05) is 17.6 Å². The second-order valence-electron chi connectivity index (χ2n) is 9.22. The van der Waals surface area contributed by atoms with Crippen LogP contribution in [0.1, 0.15) is 30.5 Å². The average molecular weight is 617 g/mol. The average Bonchev–Trinajstić information content (AvgIpc) is 2.91. The number of benzene rings is 3. The quantitative estimate of drug-likeness (QED) is 0.333. The molecule has 0 radical (unpaired) electrons. The molecule has 0 bridgehead atoms. The molecule has 1 N–H and O–H groups in total. The Kier molecular flexibility index (Phi) is 10.2. The number of aryl methyl sites for hydroxylation is 2. The second-order valence-corrected chi connectivity index (χ2v) is 12.0. The number of amides is 2. The molecule has 0 saturated carbocycles. The number of ether oxygens (including phenoxy) is 1. The zero-order chi connectivity index (χ0) is 28.7. The molecule has 39 heavy (non-hydrogen) atoms. The Balaban J connectivity index is 2.09. The van der Waals surface area contributed by atoms with Crippen molar-refractivity contribution < 1.29 is 22.7 Å². The summed E-state index contributed by atoms with van der Waals surface area (Å²) in [6, 6.07) is 18.1. The minimum Gasteiger partial charge on any atom is -0.495 e. The lowest BCUT2D eigenvalue weighted by atomic mass is 10.1. The molecule has 10 heteroatoms. The van der Waals surface area contributed by atoms with Crippen molar-refractivity contribution in [1.82, 2.24) is 10.2 Å². The molecule has 0 aliphatic rings. The second kappa shape index (κ2) is 13.1. The van der Waals surface area contributed by atoms with E-state index in [0.29, 0.717) is 12.3 Å². The number of carbonyl (C=O) groups is 2. The van der Waals surface area contributed by atoms with Gasteiger partial charge in [-0.25, -0.2) is 8.42 Å². The number of halogens is 1. The van der Waals surface area contributed by atoms with Crippen molar-refractivity contribution in [2.24, 2.45) is 0 Å². The largest absolute Gasteiger partial charge is 0.495 e. The van der Waals surface area contributed by atoms with Gasteiger partial charge in [0.2, 0.25) is 11.8 Å². The molecular weight excluding hydrogens is 582 g/mol. The highest BCUT2D eigenvalue weighted by Crippen LogP contribution is 2.34. The van der Waals surface area contributed by atoms with Crippen LogP contribution in [0.5, 0.6) is 5.75 Å². The van der Waals surface area contributed by atoms with Crippen LogP contribution in [0.3, 0.4) is 0 Å². The van der Waals surface area contributed by atoms with Crippen molar-refractivity contribution in [3.63, 3.8) is 0 Å². The summed E-state index contributed by atoms with van der Waals surface area (Å²) in [5.74, 6) is -0.555. The molecule has 8 nitrogen and oxygen atoms in total. The molecule has 0 aliphatic carbocycles. The fourth-order valence-electron chi connectivity index (χ4n) is 4.04. The van der Waals surface area contributed by atoms with Gasteiger partial charge in [0.25, 0.3) is 10.0 Å². The smallest absolute Gasteiger partial charge is 0.264 e. The summed E-state index contributed by atoms with van der Waals surface area (Å²) in [5.41, 5.74) is 2.73. The number of sulfonamides is 1. The number of methoxy groups -OCH3 is 1. The van der Waals surface area contributed by atoms with Gasteiger partial charge in [-0.3, -0.25) is 13.9 Å². The summed E-state index contributed by atoms with van der Waals surface area (Å²) < 4.78 is 35.4. The molecule has 3 aromatic carbocycles. The molecule has 3 aromatic rings. The summed E-state index contributed by atoms with van der Waals surface area (Å²) in [4.78, 5) is 28.2. The number of hydrogen-bond acceptors (Lipinski definition) is 5. The Bertz CT molecular complexity index is 1410. The zero-order valence-corrected chi connectivity index (χ0v) is 25.2. The summed E-state index contributed by atoms with van der Waals surface area (Å²) in [6.07, 6.45) is 0. The van der Waals surface area contributed by atoms with E-state index in [4.69, 9.17) is 4.74 Å². The number of likely N-dealkylation sites (N-methyl/N-ethyl adjacent to an activating group) is 1. The van der Waals surface area contributed by atoms with Crippen LogP contribution in [-0.4, -0.2) is 51.4 Å². The van der Waals surface area contributed by atoms with Gasteiger partial charge >= 0.3 is 0 Å². The maximum Gasteiger partial charge on any atom is 0.264 e. The van der Waals surface area contributed by atoms with Gasteiger partial charge in [-0.1, -0.05) is 51.8 Å². The van der Waals surface area contributed by atoms with Gasteiger partial charge in [0.1, 0.15) is 18.3 Å².